The molecule has 0 unspecified atom stereocenters. The number of piperazine rings is 1. The van der Waals surface area contributed by atoms with Gasteiger partial charge in [-0.2, -0.15) is 0 Å². The Labute approximate surface area is 183 Å². The summed E-state index contributed by atoms with van der Waals surface area (Å²) in [5.74, 6) is 0. The summed E-state index contributed by atoms with van der Waals surface area (Å²) < 4.78 is 1.83. The van der Waals surface area contributed by atoms with E-state index >= 15 is 0 Å². The van der Waals surface area contributed by atoms with E-state index in [9.17, 15) is 4.79 Å². The van der Waals surface area contributed by atoms with Crippen LogP contribution in [0.15, 0.2) is 67.0 Å². The molecule has 3 aromatic rings. The van der Waals surface area contributed by atoms with Crippen LogP contribution in [0, 0.1) is 0 Å². The van der Waals surface area contributed by atoms with Crippen molar-refractivity contribution in [2.45, 2.75) is 6.54 Å². The lowest BCUT2D eigenvalue weighted by Crippen LogP contribution is -2.44. The number of hydrogen-bond donors (Lipinski definition) is 1. The topological polar surface area (TPSA) is 48.7 Å². The molecule has 0 bridgehead atoms. The molecule has 0 saturated carbocycles. The van der Waals surface area contributed by atoms with Crippen LogP contribution in [0.5, 0.6) is 0 Å². The van der Waals surface area contributed by atoms with Crippen molar-refractivity contribution in [3.8, 4) is 11.1 Å². The van der Waals surface area contributed by atoms with Gasteiger partial charge in [0.1, 0.15) is 0 Å². The van der Waals surface area contributed by atoms with Crippen LogP contribution >= 0.6 is 11.6 Å². The summed E-state index contributed by atoms with van der Waals surface area (Å²) in [5, 5.41) is 9.67. The number of carbonyl (C=O) groups is 1. The van der Waals surface area contributed by atoms with Crippen LogP contribution < -0.4 is 4.90 Å². The average molecular weight is 426 g/mol. The molecule has 1 aliphatic rings. The summed E-state index contributed by atoms with van der Waals surface area (Å²) in [4.78, 5) is 15.7. The van der Waals surface area contributed by atoms with Crippen molar-refractivity contribution in [2.75, 3.05) is 44.7 Å². The quantitative estimate of drug-likeness (QED) is 0.626. The fourth-order valence-electron chi connectivity index (χ4n) is 3.46. The molecule has 0 atom stereocenters. The van der Waals surface area contributed by atoms with E-state index < -0.39 is 0 Å². The third kappa shape index (κ3) is 5.95. The van der Waals surface area contributed by atoms with Crippen molar-refractivity contribution >= 4 is 23.6 Å². The number of aliphatic hydroxyl groups excluding tert-OH is 1. The number of hydrogen-bond acceptors (Lipinski definition) is 4. The van der Waals surface area contributed by atoms with Gasteiger partial charge in [0.15, 0.2) is 6.29 Å². The van der Waals surface area contributed by atoms with Crippen LogP contribution in [-0.4, -0.2) is 60.7 Å². The minimum absolute atomic E-state index is 0.0706. The van der Waals surface area contributed by atoms with Crippen LogP contribution in [0.25, 0.3) is 11.1 Å². The number of halogens is 1. The molecular formula is C24H28ClN3O2. The molecule has 2 heterocycles. The lowest BCUT2D eigenvalue weighted by atomic mass is 10.1. The lowest BCUT2D eigenvalue weighted by molar-refractivity contribution is 0.112. The monoisotopic (exact) mass is 425 g/mol. The molecule has 0 amide bonds. The molecular weight excluding hydrogens is 398 g/mol. The van der Waals surface area contributed by atoms with Crippen molar-refractivity contribution in [3.05, 3.63) is 77.6 Å². The van der Waals surface area contributed by atoms with Gasteiger partial charge in [-0.15, -0.1) is 0 Å². The Kier molecular flexibility index (Phi) is 8.08. The normalized spacial score (nSPS) is 14.2. The Morgan fingerprint density at radius 3 is 2.37 bits per heavy atom. The van der Waals surface area contributed by atoms with Gasteiger partial charge in [0.25, 0.3) is 0 Å². The Morgan fingerprint density at radius 1 is 1.00 bits per heavy atom. The van der Waals surface area contributed by atoms with E-state index in [2.05, 4.69) is 22.9 Å². The van der Waals surface area contributed by atoms with Gasteiger partial charge in [-0.05, 0) is 30.8 Å². The SMILES string of the molecule is CN1CCN(c2cccc(Cl)c2)CC1.O=Cc1cn(CCO)cc1-c1ccccc1. The molecule has 2 aromatic carbocycles. The van der Waals surface area contributed by atoms with E-state index in [1.54, 1.807) is 6.20 Å². The average Bonchev–Trinajstić information content (AvgIpc) is 3.19. The third-order valence-corrected chi connectivity index (χ3v) is 5.39. The molecule has 0 radical (unpaired) electrons. The standard InChI is InChI=1S/C13H13NO2.C11H15ClN2/c15-7-6-14-8-12(10-16)13(9-14)11-4-2-1-3-5-11;1-13-5-7-14(8-6-13)11-4-2-3-10(12)9-11/h1-5,8-10,15H,6-7H2;2-4,9H,5-8H2,1H3. The van der Waals surface area contributed by atoms with Gasteiger partial charge in [0, 0.05) is 67.0 Å². The van der Waals surface area contributed by atoms with E-state index in [1.807, 2.05) is 59.3 Å². The fraction of sp³-hybridized carbons (Fsp3) is 0.292. The van der Waals surface area contributed by atoms with Gasteiger partial charge in [-0.1, -0.05) is 48.0 Å². The number of anilines is 1. The van der Waals surface area contributed by atoms with E-state index in [-0.39, 0.29) is 6.61 Å². The van der Waals surface area contributed by atoms with Crippen LogP contribution in [0.4, 0.5) is 5.69 Å². The minimum atomic E-state index is 0.0706. The number of aldehydes is 1. The predicted octanol–water partition coefficient (Wildman–Crippen LogP) is 4.05. The van der Waals surface area contributed by atoms with Gasteiger partial charge in [-0.3, -0.25) is 4.79 Å². The van der Waals surface area contributed by atoms with Crippen molar-refractivity contribution in [1.82, 2.24) is 9.47 Å². The van der Waals surface area contributed by atoms with Crippen LogP contribution in [-0.2, 0) is 6.54 Å². The van der Waals surface area contributed by atoms with Gasteiger partial charge in [0.05, 0.1) is 6.61 Å². The maximum atomic E-state index is 10.9. The van der Waals surface area contributed by atoms with E-state index in [0.29, 0.717) is 12.1 Å². The van der Waals surface area contributed by atoms with Crippen LogP contribution in [0.1, 0.15) is 10.4 Å². The Bertz CT molecular complexity index is 935. The first-order valence-electron chi connectivity index (χ1n) is 10.1. The van der Waals surface area contributed by atoms with Crippen molar-refractivity contribution < 1.29 is 9.90 Å². The highest BCUT2D eigenvalue weighted by Crippen LogP contribution is 2.23. The first-order valence-corrected chi connectivity index (χ1v) is 10.5. The number of benzene rings is 2. The first-order chi connectivity index (χ1) is 14.6. The molecule has 1 aliphatic heterocycles. The number of aromatic nitrogens is 1. The predicted molar refractivity (Wildman–Crippen MR) is 124 cm³/mol. The van der Waals surface area contributed by atoms with Crippen molar-refractivity contribution in [1.29, 1.82) is 0 Å². The molecule has 5 nitrogen and oxygen atoms in total. The van der Waals surface area contributed by atoms with Crippen LogP contribution in [0.3, 0.4) is 0 Å². The van der Waals surface area contributed by atoms with Crippen LogP contribution in [0.2, 0.25) is 5.02 Å². The molecule has 6 heteroatoms. The summed E-state index contributed by atoms with van der Waals surface area (Å²) in [5.41, 5.74) is 3.82. The number of likely N-dealkylation sites (N-methyl/N-ethyl adjacent to an activating group) is 1. The molecule has 0 spiro atoms. The molecule has 0 aliphatic carbocycles. The van der Waals surface area contributed by atoms with E-state index in [0.717, 1.165) is 48.6 Å². The second-order valence-corrected chi connectivity index (χ2v) is 7.78. The molecule has 158 valence electrons. The van der Waals surface area contributed by atoms with Gasteiger partial charge in [-0.25, -0.2) is 0 Å². The number of nitrogens with zero attached hydrogens (tertiary/aromatic N) is 3. The van der Waals surface area contributed by atoms with Gasteiger partial charge < -0.3 is 19.5 Å². The highest BCUT2D eigenvalue weighted by Gasteiger charge is 2.13. The number of rotatable bonds is 5. The maximum absolute atomic E-state index is 10.9. The summed E-state index contributed by atoms with van der Waals surface area (Å²) in [6.07, 6.45) is 4.48. The van der Waals surface area contributed by atoms with Gasteiger partial charge >= 0.3 is 0 Å². The molecule has 1 saturated heterocycles. The van der Waals surface area contributed by atoms with E-state index in [4.69, 9.17) is 16.7 Å². The minimum Gasteiger partial charge on any atom is -0.395 e. The fourth-order valence-corrected chi connectivity index (χ4v) is 3.65. The number of aliphatic hydroxyl groups is 1. The van der Waals surface area contributed by atoms with Crippen molar-refractivity contribution in [3.63, 3.8) is 0 Å². The third-order valence-electron chi connectivity index (χ3n) is 5.16. The first kappa shape index (κ1) is 22.1. The lowest BCUT2D eigenvalue weighted by Gasteiger charge is -2.34. The zero-order chi connectivity index (χ0) is 21.3. The second kappa shape index (κ2) is 11.0. The van der Waals surface area contributed by atoms with Crippen molar-refractivity contribution in [2.24, 2.45) is 0 Å². The highest BCUT2D eigenvalue weighted by molar-refractivity contribution is 6.30. The molecule has 30 heavy (non-hydrogen) atoms. The van der Waals surface area contributed by atoms with E-state index in [1.165, 1.54) is 5.69 Å². The molecule has 1 fully saturated rings. The Balaban J connectivity index is 0.000000172. The highest BCUT2D eigenvalue weighted by atomic mass is 35.5. The second-order valence-electron chi connectivity index (χ2n) is 7.34. The number of carbonyl (C=O) groups excluding carboxylic acids is 1. The maximum Gasteiger partial charge on any atom is 0.152 e. The summed E-state index contributed by atoms with van der Waals surface area (Å²) in [6, 6.07) is 17.8. The Morgan fingerprint density at radius 2 is 1.73 bits per heavy atom. The smallest absolute Gasteiger partial charge is 0.152 e. The summed E-state index contributed by atoms with van der Waals surface area (Å²) in [6.45, 7) is 5.03. The summed E-state index contributed by atoms with van der Waals surface area (Å²) in [7, 11) is 2.16. The van der Waals surface area contributed by atoms with Gasteiger partial charge in [0.2, 0.25) is 0 Å². The molecule has 1 N–H and O–H groups in total. The summed E-state index contributed by atoms with van der Waals surface area (Å²) >= 11 is 5.96. The zero-order valence-electron chi connectivity index (χ0n) is 17.2. The molecule has 4 rings (SSSR count). The Hall–Kier alpha value is -2.60. The molecule has 1 aromatic heterocycles. The largest absolute Gasteiger partial charge is 0.395 e. The zero-order valence-corrected chi connectivity index (χ0v) is 18.0.